The maximum Gasteiger partial charge on any atom is 0.247 e. The smallest absolute Gasteiger partial charge is 0.247 e. The summed E-state index contributed by atoms with van der Waals surface area (Å²) in [6.45, 7) is 3.85. The van der Waals surface area contributed by atoms with E-state index in [4.69, 9.17) is 11.6 Å². The van der Waals surface area contributed by atoms with Gasteiger partial charge in [-0.05, 0) is 43.2 Å². The van der Waals surface area contributed by atoms with Gasteiger partial charge in [0.15, 0.2) is 0 Å². The quantitative estimate of drug-likeness (QED) is 0.619. The number of halogens is 2. The van der Waals surface area contributed by atoms with Crippen molar-refractivity contribution in [2.45, 2.75) is 18.9 Å². The Labute approximate surface area is 146 Å². The minimum atomic E-state index is -0.312. The fourth-order valence-corrected chi connectivity index (χ4v) is 3.70. The van der Waals surface area contributed by atoms with Crippen LogP contribution in [0.2, 0.25) is 5.15 Å². The van der Waals surface area contributed by atoms with Gasteiger partial charge < -0.3 is 9.88 Å². The number of benzene rings is 1. The first kappa shape index (κ1) is 14.7. The number of rotatable bonds is 1. The lowest BCUT2D eigenvalue weighted by molar-refractivity contribution is -0.124. The van der Waals surface area contributed by atoms with Gasteiger partial charge in [-0.2, -0.15) is 0 Å². The van der Waals surface area contributed by atoms with Crippen LogP contribution in [0.4, 0.5) is 0 Å². The molecule has 0 spiro atoms. The summed E-state index contributed by atoms with van der Waals surface area (Å²) in [5.41, 5.74) is 2.48. The highest BCUT2D eigenvalue weighted by Crippen LogP contribution is 2.36. The van der Waals surface area contributed by atoms with Crippen LogP contribution < -0.4 is 5.32 Å². The van der Waals surface area contributed by atoms with Gasteiger partial charge in [0.05, 0.1) is 5.52 Å². The number of allylic oxidation sites excluding steroid dienone is 1. The van der Waals surface area contributed by atoms with Crippen LogP contribution >= 0.6 is 27.5 Å². The number of hydrogen-bond acceptors (Lipinski definition) is 2. The highest BCUT2D eigenvalue weighted by molar-refractivity contribution is 9.10. The van der Waals surface area contributed by atoms with E-state index in [-0.39, 0.29) is 11.9 Å². The zero-order chi connectivity index (χ0) is 16.1. The van der Waals surface area contributed by atoms with E-state index in [9.17, 15) is 4.79 Å². The van der Waals surface area contributed by atoms with Crippen molar-refractivity contribution in [1.82, 2.24) is 14.9 Å². The van der Waals surface area contributed by atoms with Crippen LogP contribution in [0.5, 0.6) is 0 Å². The summed E-state index contributed by atoms with van der Waals surface area (Å²) in [5, 5.41) is 5.31. The third-order valence-corrected chi connectivity index (χ3v) is 4.92. The zero-order valence-corrected chi connectivity index (χ0v) is 14.5. The first-order valence-corrected chi connectivity index (χ1v) is 8.46. The molecule has 1 saturated heterocycles. The number of hydrogen-bond donors (Lipinski definition) is 1. The Morgan fingerprint density at radius 2 is 2.13 bits per heavy atom. The molecule has 1 amide bonds. The maximum absolute atomic E-state index is 12.5. The number of piperidine rings is 1. The molecule has 3 heterocycles. The fraction of sp³-hybridized carbons (Fsp3) is 0.176. The van der Waals surface area contributed by atoms with E-state index < -0.39 is 0 Å². The molecule has 0 aliphatic carbocycles. The topological polar surface area (TPSA) is 46.9 Å². The molecule has 1 fully saturated rings. The molecule has 2 aromatic heterocycles. The Morgan fingerprint density at radius 3 is 2.91 bits per heavy atom. The Balaban J connectivity index is 2.05. The summed E-state index contributed by atoms with van der Waals surface area (Å²) < 4.78 is 2.98. The molecule has 1 aliphatic rings. The largest absolute Gasteiger partial charge is 0.329 e. The molecule has 1 aromatic carbocycles. The number of pyridine rings is 1. The van der Waals surface area contributed by atoms with Gasteiger partial charge >= 0.3 is 0 Å². The minimum Gasteiger partial charge on any atom is -0.329 e. The lowest BCUT2D eigenvalue weighted by atomic mass is 10.0. The van der Waals surface area contributed by atoms with E-state index >= 15 is 0 Å². The predicted molar refractivity (Wildman–Crippen MR) is 95.5 cm³/mol. The normalized spacial score (nSPS) is 18.6. The second-order valence-corrected chi connectivity index (χ2v) is 6.99. The second kappa shape index (κ2) is 5.35. The number of carbonyl (C=O) groups excluding carboxylic acids is 1. The van der Waals surface area contributed by atoms with Gasteiger partial charge in [0.25, 0.3) is 0 Å². The van der Waals surface area contributed by atoms with Gasteiger partial charge in [-0.15, -0.1) is 0 Å². The van der Waals surface area contributed by atoms with Crippen molar-refractivity contribution in [3.63, 3.8) is 0 Å². The number of aromatic nitrogens is 2. The molecule has 4 rings (SSSR count). The van der Waals surface area contributed by atoms with E-state index in [2.05, 4.69) is 32.8 Å². The molecule has 1 atom stereocenters. The molecule has 3 aromatic rings. The lowest BCUT2D eigenvalue weighted by Gasteiger charge is -2.25. The van der Waals surface area contributed by atoms with Crippen molar-refractivity contribution in [2.75, 3.05) is 0 Å². The van der Waals surface area contributed by atoms with E-state index in [1.54, 1.807) is 6.07 Å². The molecule has 1 unspecified atom stereocenters. The first-order chi connectivity index (χ1) is 11.0. The fourth-order valence-electron chi connectivity index (χ4n) is 3.19. The summed E-state index contributed by atoms with van der Waals surface area (Å²) in [6.07, 6.45) is 1.46. The van der Waals surface area contributed by atoms with Crippen LogP contribution in [-0.2, 0) is 4.79 Å². The molecule has 0 bridgehead atoms. The molecule has 1 N–H and O–H groups in total. The van der Waals surface area contributed by atoms with Gasteiger partial charge in [-0.1, -0.05) is 34.1 Å². The average Bonchev–Trinajstić information content (AvgIpc) is 2.80. The Morgan fingerprint density at radius 1 is 1.30 bits per heavy atom. The molecule has 1 aliphatic heterocycles. The number of carbonyl (C=O) groups is 1. The third-order valence-electron chi connectivity index (χ3n) is 4.21. The maximum atomic E-state index is 12.5. The number of nitrogens with one attached hydrogen (secondary N) is 1. The molecule has 0 radical (unpaired) electrons. The summed E-state index contributed by atoms with van der Waals surface area (Å²) in [6, 6.07) is 9.44. The lowest BCUT2D eigenvalue weighted by Crippen LogP contribution is -2.36. The highest BCUT2D eigenvalue weighted by atomic mass is 79.9. The van der Waals surface area contributed by atoms with Crippen LogP contribution in [0.25, 0.3) is 21.9 Å². The van der Waals surface area contributed by atoms with Gasteiger partial charge in [-0.25, -0.2) is 4.98 Å². The average molecular weight is 391 g/mol. The minimum absolute atomic E-state index is 0.0512. The van der Waals surface area contributed by atoms with Crippen molar-refractivity contribution >= 4 is 55.4 Å². The Kier molecular flexibility index (Phi) is 3.43. The van der Waals surface area contributed by atoms with Crippen LogP contribution in [-0.4, -0.2) is 15.5 Å². The molecule has 116 valence electrons. The Bertz CT molecular complexity index is 979. The molecule has 4 nitrogen and oxygen atoms in total. The molecule has 6 heteroatoms. The third kappa shape index (κ3) is 2.35. The van der Waals surface area contributed by atoms with Gasteiger partial charge in [0, 0.05) is 20.9 Å². The van der Waals surface area contributed by atoms with Gasteiger partial charge in [-0.3, -0.25) is 4.79 Å². The van der Waals surface area contributed by atoms with Crippen molar-refractivity contribution in [3.05, 3.63) is 52.2 Å². The SMILES string of the molecule is C=C1CCC(n2c3ccc(Br)cc3c3ccc(Cl)nc32)C(=O)N1. The van der Waals surface area contributed by atoms with Crippen LogP contribution in [0.3, 0.4) is 0 Å². The Hall–Kier alpha value is -1.85. The van der Waals surface area contributed by atoms with Crippen LogP contribution in [0.15, 0.2) is 47.1 Å². The summed E-state index contributed by atoms with van der Waals surface area (Å²) in [7, 11) is 0. The zero-order valence-electron chi connectivity index (χ0n) is 12.1. The molecule has 0 saturated carbocycles. The molecular formula is C17H13BrClN3O. The van der Waals surface area contributed by atoms with E-state index in [0.717, 1.165) is 38.5 Å². The molecule has 23 heavy (non-hydrogen) atoms. The predicted octanol–water partition coefficient (Wildman–Crippen LogP) is 4.57. The summed E-state index contributed by atoms with van der Waals surface area (Å²) in [5.74, 6) is -0.0512. The summed E-state index contributed by atoms with van der Waals surface area (Å²) in [4.78, 5) is 17.0. The molecular weight excluding hydrogens is 378 g/mol. The van der Waals surface area contributed by atoms with E-state index in [0.29, 0.717) is 11.6 Å². The number of nitrogens with zero attached hydrogens (tertiary/aromatic N) is 2. The van der Waals surface area contributed by atoms with Crippen LogP contribution in [0, 0.1) is 0 Å². The standard InChI is InChI=1S/C17H13BrClN3O/c1-9-2-5-14(17(23)20-9)22-13-6-3-10(18)8-12(13)11-4-7-15(19)21-16(11)22/h3-4,6-8,14H,1-2,5H2,(H,20,23). The highest BCUT2D eigenvalue weighted by Gasteiger charge is 2.29. The number of fused-ring (bicyclic) bond motifs is 3. The van der Waals surface area contributed by atoms with E-state index in [1.165, 1.54) is 0 Å². The first-order valence-electron chi connectivity index (χ1n) is 7.29. The summed E-state index contributed by atoms with van der Waals surface area (Å²) >= 11 is 9.61. The van der Waals surface area contributed by atoms with E-state index in [1.807, 2.05) is 28.8 Å². The van der Waals surface area contributed by atoms with Crippen LogP contribution in [0.1, 0.15) is 18.9 Å². The van der Waals surface area contributed by atoms with Gasteiger partial charge in [0.1, 0.15) is 16.8 Å². The van der Waals surface area contributed by atoms with Crippen molar-refractivity contribution in [1.29, 1.82) is 0 Å². The second-order valence-electron chi connectivity index (χ2n) is 5.68. The van der Waals surface area contributed by atoms with Crippen molar-refractivity contribution in [2.24, 2.45) is 0 Å². The van der Waals surface area contributed by atoms with Crippen molar-refractivity contribution < 1.29 is 4.79 Å². The van der Waals surface area contributed by atoms with Gasteiger partial charge in [0.2, 0.25) is 5.91 Å². The monoisotopic (exact) mass is 389 g/mol. The van der Waals surface area contributed by atoms with Crippen molar-refractivity contribution in [3.8, 4) is 0 Å². The number of amides is 1.